The largest absolute Gasteiger partial charge is 0.481 e. The molecule has 0 bridgehead atoms. The lowest BCUT2D eigenvalue weighted by Crippen LogP contribution is -1.93. The Balaban J connectivity index is -0.0000000831. The van der Waals surface area contributed by atoms with Crippen LogP contribution in [0.1, 0.15) is 90.9 Å². The molecule has 23 heavy (non-hydrogen) atoms. The molecule has 0 saturated carbocycles. The van der Waals surface area contributed by atoms with Gasteiger partial charge in [-0.1, -0.05) is 65.2 Å². The van der Waals surface area contributed by atoms with Crippen molar-refractivity contribution < 1.29 is 19.8 Å². The van der Waals surface area contributed by atoms with Crippen molar-refractivity contribution >= 4 is 49.2 Å². The standard InChI is InChI=1S/2C8H16O2.3ClH/c2*1-2-3-4-5-6-7-8(9)10;;;/h2*2-7H2,1H3,(H,9,10);3*1H. The third kappa shape index (κ3) is 44.9. The molecule has 7 heteroatoms. The van der Waals surface area contributed by atoms with Crippen LogP contribution in [0.5, 0.6) is 0 Å². The van der Waals surface area contributed by atoms with E-state index in [1.54, 1.807) is 0 Å². The lowest BCUT2D eigenvalue weighted by atomic mass is 10.1. The fraction of sp³-hybridized carbons (Fsp3) is 0.875. The van der Waals surface area contributed by atoms with E-state index in [1.807, 2.05) is 0 Å². The van der Waals surface area contributed by atoms with Crippen molar-refractivity contribution in [1.29, 1.82) is 0 Å². The molecule has 0 amide bonds. The van der Waals surface area contributed by atoms with Crippen LogP contribution >= 0.6 is 37.2 Å². The first kappa shape index (κ1) is 34.2. The number of aliphatic carboxylic acids is 2. The van der Waals surface area contributed by atoms with Gasteiger partial charge in [-0.15, -0.1) is 37.2 Å². The first-order valence-electron chi connectivity index (χ1n) is 7.98. The summed E-state index contributed by atoms with van der Waals surface area (Å²) in [5, 5.41) is 16.5. The molecule has 4 nitrogen and oxygen atoms in total. The van der Waals surface area contributed by atoms with Gasteiger partial charge in [-0.2, -0.15) is 0 Å². The van der Waals surface area contributed by atoms with Crippen LogP contribution < -0.4 is 0 Å². The van der Waals surface area contributed by atoms with Crippen LogP contribution in [0.25, 0.3) is 0 Å². The second-order valence-corrected chi connectivity index (χ2v) is 5.12. The van der Waals surface area contributed by atoms with Crippen LogP contribution in [-0.2, 0) is 9.59 Å². The molecule has 0 radical (unpaired) electrons. The molecule has 0 aliphatic carbocycles. The van der Waals surface area contributed by atoms with Gasteiger partial charge in [-0.05, 0) is 12.8 Å². The van der Waals surface area contributed by atoms with Gasteiger partial charge in [0.15, 0.2) is 0 Å². The minimum atomic E-state index is -0.670. The highest BCUT2D eigenvalue weighted by Gasteiger charge is 1.95. The average molecular weight is 398 g/mol. The van der Waals surface area contributed by atoms with E-state index in [2.05, 4.69) is 13.8 Å². The minimum absolute atomic E-state index is 0. The van der Waals surface area contributed by atoms with E-state index in [9.17, 15) is 9.59 Å². The number of carboxylic acid groups (broad SMARTS) is 2. The van der Waals surface area contributed by atoms with Gasteiger partial charge in [0, 0.05) is 12.8 Å². The molecule has 0 aromatic heterocycles. The smallest absolute Gasteiger partial charge is 0.303 e. The molecule has 0 rings (SSSR count). The number of carbonyl (C=O) groups is 2. The summed E-state index contributed by atoms with van der Waals surface area (Å²) >= 11 is 0. The molecule has 0 aliphatic rings. The zero-order valence-corrected chi connectivity index (χ0v) is 16.9. The lowest BCUT2D eigenvalue weighted by Gasteiger charge is -1.95. The molecule has 0 heterocycles. The summed E-state index contributed by atoms with van der Waals surface area (Å²) in [6.45, 7) is 4.30. The first-order chi connectivity index (χ1) is 9.54. The van der Waals surface area contributed by atoms with Crippen LogP contribution in [0, 0.1) is 0 Å². The van der Waals surface area contributed by atoms with Gasteiger partial charge in [-0.3, -0.25) is 9.59 Å². The molecule has 0 saturated heterocycles. The van der Waals surface area contributed by atoms with Crippen LogP contribution in [0.2, 0.25) is 0 Å². The summed E-state index contributed by atoms with van der Waals surface area (Å²) in [4.78, 5) is 20.1. The molecule has 0 atom stereocenters. The van der Waals surface area contributed by atoms with E-state index in [0.29, 0.717) is 12.8 Å². The molecule has 0 aromatic rings. The van der Waals surface area contributed by atoms with Gasteiger partial charge in [0.05, 0.1) is 0 Å². The van der Waals surface area contributed by atoms with Crippen LogP contribution in [-0.4, -0.2) is 22.2 Å². The molecular weight excluding hydrogens is 363 g/mol. The van der Waals surface area contributed by atoms with Crippen LogP contribution in [0.15, 0.2) is 0 Å². The third-order valence-electron chi connectivity index (χ3n) is 2.99. The quantitative estimate of drug-likeness (QED) is 0.388. The van der Waals surface area contributed by atoms with Crippen LogP contribution in [0.4, 0.5) is 0 Å². The van der Waals surface area contributed by atoms with Crippen LogP contribution in [0.3, 0.4) is 0 Å². The highest BCUT2D eigenvalue weighted by atomic mass is 35.5. The fourth-order valence-electron chi connectivity index (χ4n) is 1.76. The average Bonchev–Trinajstić information content (AvgIpc) is 2.38. The van der Waals surface area contributed by atoms with Gasteiger partial charge >= 0.3 is 11.9 Å². The zero-order chi connectivity index (χ0) is 15.6. The summed E-state index contributed by atoms with van der Waals surface area (Å²) in [5.74, 6) is -1.34. The summed E-state index contributed by atoms with van der Waals surface area (Å²) < 4.78 is 0. The van der Waals surface area contributed by atoms with Gasteiger partial charge in [-0.25, -0.2) is 0 Å². The van der Waals surface area contributed by atoms with E-state index in [1.165, 1.54) is 38.5 Å². The van der Waals surface area contributed by atoms with E-state index >= 15 is 0 Å². The second kappa shape index (κ2) is 29.8. The van der Waals surface area contributed by atoms with Gasteiger partial charge in [0.1, 0.15) is 0 Å². The summed E-state index contributed by atoms with van der Waals surface area (Å²) in [7, 11) is 0. The SMILES string of the molecule is CCCCCCCC(=O)O.CCCCCCCC(=O)O.Cl.Cl.Cl. The summed E-state index contributed by atoms with van der Waals surface area (Å²) in [5.41, 5.74) is 0. The van der Waals surface area contributed by atoms with Crippen molar-refractivity contribution in [3.63, 3.8) is 0 Å². The second-order valence-electron chi connectivity index (χ2n) is 5.12. The van der Waals surface area contributed by atoms with Gasteiger partial charge in [0.2, 0.25) is 0 Å². The Morgan fingerprint density at radius 3 is 1.04 bits per heavy atom. The Kier molecular flexibility index (Phi) is 44.3. The highest BCUT2D eigenvalue weighted by Crippen LogP contribution is 2.04. The number of hydrogen-bond acceptors (Lipinski definition) is 2. The topological polar surface area (TPSA) is 74.6 Å². The minimum Gasteiger partial charge on any atom is -0.481 e. The molecule has 0 spiro atoms. The van der Waals surface area contributed by atoms with E-state index in [0.717, 1.165) is 25.7 Å². The Morgan fingerprint density at radius 2 is 0.826 bits per heavy atom. The van der Waals surface area contributed by atoms with Gasteiger partial charge in [0.25, 0.3) is 0 Å². The zero-order valence-electron chi connectivity index (χ0n) is 14.4. The van der Waals surface area contributed by atoms with Crippen molar-refractivity contribution in [2.24, 2.45) is 0 Å². The maximum Gasteiger partial charge on any atom is 0.303 e. The van der Waals surface area contributed by atoms with E-state index in [4.69, 9.17) is 10.2 Å². The third-order valence-corrected chi connectivity index (χ3v) is 2.99. The Morgan fingerprint density at radius 1 is 0.565 bits per heavy atom. The van der Waals surface area contributed by atoms with Crippen molar-refractivity contribution in [2.45, 2.75) is 90.9 Å². The van der Waals surface area contributed by atoms with Crippen molar-refractivity contribution in [3.05, 3.63) is 0 Å². The fourth-order valence-corrected chi connectivity index (χ4v) is 1.76. The number of hydrogen-bond donors (Lipinski definition) is 2. The van der Waals surface area contributed by atoms with Crippen molar-refractivity contribution in [3.8, 4) is 0 Å². The molecular formula is C16H35Cl3O4. The van der Waals surface area contributed by atoms with Gasteiger partial charge < -0.3 is 10.2 Å². The molecule has 0 fully saturated rings. The Hall–Kier alpha value is -0.190. The lowest BCUT2D eigenvalue weighted by molar-refractivity contribution is -0.138. The van der Waals surface area contributed by atoms with E-state index < -0.39 is 11.9 Å². The monoisotopic (exact) mass is 396 g/mol. The normalized spacial score (nSPS) is 8.43. The number of halogens is 3. The molecule has 0 aromatic carbocycles. The molecule has 0 aliphatic heterocycles. The molecule has 0 unspecified atom stereocenters. The maximum absolute atomic E-state index is 10.0. The Bertz CT molecular complexity index is 215. The van der Waals surface area contributed by atoms with Crippen molar-refractivity contribution in [1.82, 2.24) is 0 Å². The van der Waals surface area contributed by atoms with E-state index in [-0.39, 0.29) is 37.2 Å². The number of rotatable bonds is 12. The highest BCUT2D eigenvalue weighted by molar-refractivity contribution is 5.86. The molecule has 144 valence electrons. The maximum atomic E-state index is 10.0. The number of unbranched alkanes of at least 4 members (excludes halogenated alkanes) is 8. The van der Waals surface area contributed by atoms with Crippen molar-refractivity contribution in [2.75, 3.05) is 0 Å². The molecule has 2 N–H and O–H groups in total. The first-order valence-corrected chi connectivity index (χ1v) is 7.98. The Labute approximate surface area is 160 Å². The predicted molar refractivity (Wildman–Crippen MR) is 104 cm³/mol. The predicted octanol–water partition coefficient (Wildman–Crippen LogP) is 6.13. The summed E-state index contributed by atoms with van der Waals surface area (Å²) in [6.07, 6.45) is 11.8. The summed E-state index contributed by atoms with van der Waals surface area (Å²) in [6, 6.07) is 0. The number of carboxylic acids is 2.